The zero-order valence-corrected chi connectivity index (χ0v) is 11.3. The molecule has 5 heteroatoms. The van der Waals surface area contributed by atoms with Crippen molar-refractivity contribution < 1.29 is 18.9 Å². The Morgan fingerprint density at radius 1 is 1.29 bits per heavy atom. The maximum atomic E-state index is 10.8. The molecule has 0 unspecified atom stereocenters. The highest BCUT2D eigenvalue weighted by Gasteiger charge is 2.18. The average Bonchev–Trinajstić information content (AvgIpc) is 2.21. The van der Waals surface area contributed by atoms with E-state index in [9.17, 15) is 4.57 Å². The van der Waals surface area contributed by atoms with Crippen molar-refractivity contribution in [3.63, 3.8) is 0 Å². The van der Waals surface area contributed by atoms with Crippen LogP contribution in [0.3, 0.4) is 0 Å². The molecule has 0 saturated heterocycles. The maximum Gasteiger partial charge on any atom is 0.524 e. The highest BCUT2D eigenvalue weighted by Crippen LogP contribution is 2.40. The summed E-state index contributed by atoms with van der Waals surface area (Å²) in [6.45, 7) is 5.95. The molecule has 17 heavy (non-hydrogen) atoms. The van der Waals surface area contributed by atoms with Crippen LogP contribution in [0.15, 0.2) is 12.1 Å². The molecule has 0 heterocycles. The van der Waals surface area contributed by atoms with Crippen molar-refractivity contribution in [1.29, 1.82) is 0 Å². The average molecular weight is 258 g/mol. The van der Waals surface area contributed by atoms with Gasteiger partial charge in [0.25, 0.3) is 0 Å². The molecule has 1 aromatic carbocycles. The largest absolute Gasteiger partial charge is 0.524 e. The van der Waals surface area contributed by atoms with E-state index >= 15 is 0 Å². The molecule has 0 amide bonds. The van der Waals surface area contributed by atoms with E-state index in [-0.39, 0.29) is 5.75 Å². The summed E-state index contributed by atoms with van der Waals surface area (Å²) < 4.78 is 15.5. The van der Waals surface area contributed by atoms with Gasteiger partial charge in [0.1, 0.15) is 5.75 Å². The zero-order chi connectivity index (χ0) is 13.1. The van der Waals surface area contributed by atoms with Gasteiger partial charge in [-0.3, -0.25) is 9.79 Å². The number of benzene rings is 1. The van der Waals surface area contributed by atoms with Gasteiger partial charge in [0.05, 0.1) is 0 Å². The molecule has 0 aliphatic heterocycles. The van der Waals surface area contributed by atoms with Crippen LogP contribution in [-0.4, -0.2) is 9.79 Å². The SMILES string of the molecule is CCCCc1c(C)ccc(OP(=O)(O)O)c1C. The van der Waals surface area contributed by atoms with Gasteiger partial charge in [0, 0.05) is 0 Å². The highest BCUT2D eigenvalue weighted by molar-refractivity contribution is 7.46. The zero-order valence-electron chi connectivity index (χ0n) is 10.4. The lowest BCUT2D eigenvalue weighted by atomic mass is 9.97. The lowest BCUT2D eigenvalue weighted by Gasteiger charge is -2.15. The Balaban J connectivity index is 3.05. The number of phosphoric ester groups is 1. The van der Waals surface area contributed by atoms with Gasteiger partial charge in [-0.25, -0.2) is 4.57 Å². The Morgan fingerprint density at radius 3 is 2.47 bits per heavy atom. The standard InChI is InChI=1S/C12H19O4P/c1-4-5-6-11-9(2)7-8-12(10(11)3)16-17(13,14)15/h7-8H,4-6H2,1-3H3,(H2,13,14,15). The predicted octanol–water partition coefficient (Wildman–Crippen LogP) is 3.12. The van der Waals surface area contributed by atoms with Crippen LogP contribution < -0.4 is 4.52 Å². The van der Waals surface area contributed by atoms with E-state index in [4.69, 9.17) is 9.79 Å². The van der Waals surface area contributed by atoms with Crippen LogP contribution in [0, 0.1) is 13.8 Å². The fourth-order valence-electron chi connectivity index (χ4n) is 1.84. The molecule has 2 N–H and O–H groups in total. The predicted molar refractivity (Wildman–Crippen MR) is 67.2 cm³/mol. The van der Waals surface area contributed by atoms with Crippen LogP contribution in [0.25, 0.3) is 0 Å². The van der Waals surface area contributed by atoms with Crippen molar-refractivity contribution >= 4 is 7.82 Å². The van der Waals surface area contributed by atoms with Gasteiger partial charge in [-0.05, 0) is 49.4 Å². The summed E-state index contributed by atoms with van der Waals surface area (Å²) in [7, 11) is -4.48. The van der Waals surface area contributed by atoms with Crippen molar-refractivity contribution in [1.82, 2.24) is 0 Å². The Labute approximate surface area is 102 Å². The first-order valence-electron chi connectivity index (χ1n) is 5.69. The van der Waals surface area contributed by atoms with Gasteiger partial charge in [-0.15, -0.1) is 0 Å². The molecule has 0 bridgehead atoms. The third-order valence-electron chi connectivity index (χ3n) is 2.78. The molecular formula is C12H19O4P. The maximum absolute atomic E-state index is 10.8. The van der Waals surface area contributed by atoms with Crippen molar-refractivity contribution in [3.05, 3.63) is 28.8 Å². The van der Waals surface area contributed by atoms with Crippen LogP contribution in [0.4, 0.5) is 0 Å². The van der Waals surface area contributed by atoms with Gasteiger partial charge in [0.15, 0.2) is 0 Å². The van der Waals surface area contributed by atoms with Crippen molar-refractivity contribution in [2.75, 3.05) is 0 Å². The molecule has 0 fully saturated rings. The van der Waals surface area contributed by atoms with E-state index in [2.05, 4.69) is 11.4 Å². The summed E-state index contributed by atoms with van der Waals surface area (Å²) in [4.78, 5) is 17.6. The van der Waals surface area contributed by atoms with Gasteiger partial charge < -0.3 is 4.52 Å². The van der Waals surface area contributed by atoms with Gasteiger partial charge >= 0.3 is 7.82 Å². The molecular weight excluding hydrogens is 239 g/mol. The quantitative estimate of drug-likeness (QED) is 0.796. The minimum absolute atomic E-state index is 0.273. The molecule has 0 aliphatic rings. The summed E-state index contributed by atoms with van der Waals surface area (Å²) in [6, 6.07) is 3.45. The van der Waals surface area contributed by atoms with E-state index in [1.165, 1.54) is 0 Å². The molecule has 0 aliphatic carbocycles. The van der Waals surface area contributed by atoms with Crippen LogP contribution >= 0.6 is 7.82 Å². The van der Waals surface area contributed by atoms with Crippen molar-refractivity contribution in [2.24, 2.45) is 0 Å². The Kier molecular flexibility index (Phi) is 4.75. The Morgan fingerprint density at radius 2 is 1.94 bits per heavy atom. The second-order valence-electron chi connectivity index (χ2n) is 4.17. The number of unbranched alkanes of at least 4 members (excludes halogenated alkanes) is 1. The van der Waals surface area contributed by atoms with E-state index in [0.717, 1.165) is 36.0 Å². The lowest BCUT2D eigenvalue weighted by Crippen LogP contribution is -1.99. The molecule has 0 spiro atoms. The van der Waals surface area contributed by atoms with Crippen LogP contribution in [0.5, 0.6) is 5.75 Å². The molecule has 0 aromatic heterocycles. The van der Waals surface area contributed by atoms with E-state index < -0.39 is 7.82 Å². The van der Waals surface area contributed by atoms with Gasteiger partial charge in [-0.1, -0.05) is 19.4 Å². The third kappa shape index (κ3) is 4.15. The second kappa shape index (κ2) is 5.67. The van der Waals surface area contributed by atoms with Gasteiger partial charge in [-0.2, -0.15) is 0 Å². The number of rotatable bonds is 5. The van der Waals surface area contributed by atoms with Crippen LogP contribution in [0.2, 0.25) is 0 Å². The number of aryl methyl sites for hydroxylation is 1. The highest BCUT2D eigenvalue weighted by atomic mass is 31.2. The first kappa shape index (κ1) is 14.2. The summed E-state index contributed by atoms with van der Waals surface area (Å²) in [6.07, 6.45) is 3.05. The molecule has 0 saturated carbocycles. The second-order valence-corrected chi connectivity index (χ2v) is 5.33. The first-order valence-corrected chi connectivity index (χ1v) is 7.22. The number of hydrogen-bond donors (Lipinski definition) is 2. The molecule has 0 radical (unpaired) electrons. The van der Waals surface area contributed by atoms with E-state index in [0.29, 0.717) is 0 Å². The fourth-order valence-corrected chi connectivity index (χ4v) is 2.29. The molecule has 96 valence electrons. The summed E-state index contributed by atoms with van der Waals surface area (Å²) in [5, 5.41) is 0. The number of phosphoric acid groups is 1. The monoisotopic (exact) mass is 258 g/mol. The summed E-state index contributed by atoms with van der Waals surface area (Å²) in [5.41, 5.74) is 3.08. The molecule has 1 rings (SSSR count). The normalized spacial score (nSPS) is 11.6. The third-order valence-corrected chi connectivity index (χ3v) is 3.22. The van der Waals surface area contributed by atoms with Crippen LogP contribution in [-0.2, 0) is 11.0 Å². The summed E-state index contributed by atoms with van der Waals surface area (Å²) >= 11 is 0. The van der Waals surface area contributed by atoms with Crippen molar-refractivity contribution in [2.45, 2.75) is 40.0 Å². The topological polar surface area (TPSA) is 66.8 Å². The van der Waals surface area contributed by atoms with Gasteiger partial charge in [0.2, 0.25) is 0 Å². The Bertz CT molecular complexity index is 436. The summed E-state index contributed by atoms with van der Waals surface area (Å²) in [5.74, 6) is 0.273. The Hall–Kier alpha value is -0.830. The smallest absolute Gasteiger partial charge is 0.404 e. The molecule has 4 nitrogen and oxygen atoms in total. The minimum atomic E-state index is -4.48. The minimum Gasteiger partial charge on any atom is -0.404 e. The molecule has 0 atom stereocenters. The van der Waals surface area contributed by atoms with Crippen molar-refractivity contribution in [3.8, 4) is 5.75 Å². The van der Waals surface area contributed by atoms with E-state index in [1.807, 2.05) is 19.9 Å². The fraction of sp³-hybridized carbons (Fsp3) is 0.500. The lowest BCUT2D eigenvalue weighted by molar-refractivity contribution is 0.282. The molecule has 1 aromatic rings. The number of hydrogen-bond acceptors (Lipinski definition) is 2. The van der Waals surface area contributed by atoms with Crippen LogP contribution in [0.1, 0.15) is 36.5 Å². The van der Waals surface area contributed by atoms with E-state index in [1.54, 1.807) is 6.07 Å². The first-order chi connectivity index (χ1) is 7.85.